The van der Waals surface area contributed by atoms with Crippen LogP contribution < -0.4 is 4.90 Å². The third-order valence-electron chi connectivity index (χ3n) is 4.94. The Morgan fingerprint density at radius 3 is 2.43 bits per heavy atom. The van der Waals surface area contributed by atoms with E-state index in [9.17, 15) is 25.5 Å². The predicted molar refractivity (Wildman–Crippen MR) is 104 cm³/mol. The third kappa shape index (κ3) is 4.14. The Kier molecular flexibility index (Phi) is 6.08. The molecule has 9 heteroatoms. The van der Waals surface area contributed by atoms with Crippen molar-refractivity contribution in [2.75, 3.05) is 24.5 Å². The largest absolute Gasteiger partial charge is 0.465 e. The van der Waals surface area contributed by atoms with Crippen molar-refractivity contribution in [3.8, 4) is 12.1 Å². The molecule has 28 heavy (non-hydrogen) atoms. The molecule has 1 aliphatic rings. The summed E-state index contributed by atoms with van der Waals surface area (Å²) >= 11 is 6.16. The van der Waals surface area contributed by atoms with Crippen molar-refractivity contribution in [2.24, 2.45) is 0 Å². The van der Waals surface area contributed by atoms with Crippen molar-refractivity contribution in [1.29, 1.82) is 10.5 Å². The van der Waals surface area contributed by atoms with Crippen molar-refractivity contribution >= 4 is 23.5 Å². The molecular weight excluding hydrogens is 382 g/mol. The van der Waals surface area contributed by atoms with Crippen molar-refractivity contribution in [3.63, 3.8) is 0 Å². The van der Waals surface area contributed by atoms with Gasteiger partial charge in [0.2, 0.25) is 0 Å². The maximum atomic E-state index is 11.6. The van der Waals surface area contributed by atoms with E-state index < -0.39 is 17.2 Å². The molecule has 1 amide bonds. The number of nitriles is 2. The molecule has 1 atom stereocenters. The molecule has 0 aliphatic carbocycles. The molecular formula is C19H24ClN5O3. The van der Waals surface area contributed by atoms with E-state index in [0.29, 0.717) is 30.8 Å². The van der Waals surface area contributed by atoms with Gasteiger partial charge in [0.15, 0.2) is 0 Å². The molecule has 1 aromatic rings. The monoisotopic (exact) mass is 405 g/mol. The Labute approximate surface area is 169 Å². The summed E-state index contributed by atoms with van der Waals surface area (Å²) in [5.41, 5.74) is -0.981. The molecule has 2 N–H and O–H groups in total. The second kappa shape index (κ2) is 7.83. The lowest BCUT2D eigenvalue weighted by molar-refractivity contribution is -0.000855. The van der Waals surface area contributed by atoms with Gasteiger partial charge in [0, 0.05) is 18.6 Å². The number of amides is 1. The van der Waals surface area contributed by atoms with Gasteiger partial charge in [-0.3, -0.25) is 0 Å². The van der Waals surface area contributed by atoms with Crippen LogP contribution in [0.2, 0.25) is 5.15 Å². The number of pyridine rings is 1. The van der Waals surface area contributed by atoms with Gasteiger partial charge in [0.25, 0.3) is 0 Å². The van der Waals surface area contributed by atoms with Crippen LogP contribution in [-0.2, 0) is 6.42 Å². The average molecular weight is 406 g/mol. The summed E-state index contributed by atoms with van der Waals surface area (Å²) in [5.74, 6) is 0.317. The highest BCUT2D eigenvalue weighted by atomic mass is 35.5. The van der Waals surface area contributed by atoms with Crippen LogP contribution in [0, 0.1) is 22.7 Å². The Bertz CT molecular complexity index is 868. The maximum Gasteiger partial charge on any atom is 0.407 e. The van der Waals surface area contributed by atoms with Crippen molar-refractivity contribution in [2.45, 2.75) is 51.7 Å². The van der Waals surface area contributed by atoms with Gasteiger partial charge < -0.3 is 20.0 Å². The zero-order valence-corrected chi connectivity index (χ0v) is 17.2. The van der Waals surface area contributed by atoms with Crippen LogP contribution in [0.25, 0.3) is 0 Å². The topological polar surface area (TPSA) is 124 Å². The van der Waals surface area contributed by atoms with Gasteiger partial charge in [0.05, 0.1) is 17.7 Å². The van der Waals surface area contributed by atoms with E-state index in [2.05, 4.69) is 11.1 Å². The molecule has 0 bridgehead atoms. The number of hydrogen-bond acceptors (Lipinski definition) is 6. The quantitative estimate of drug-likeness (QED) is 0.737. The van der Waals surface area contributed by atoms with Gasteiger partial charge in [-0.25, -0.2) is 9.78 Å². The fourth-order valence-corrected chi connectivity index (χ4v) is 3.69. The molecule has 0 aromatic carbocycles. The summed E-state index contributed by atoms with van der Waals surface area (Å²) in [6.45, 7) is 7.56. The molecule has 1 fully saturated rings. The van der Waals surface area contributed by atoms with Crippen LogP contribution in [0.5, 0.6) is 0 Å². The minimum absolute atomic E-state index is 0.0191. The van der Waals surface area contributed by atoms with E-state index in [1.54, 1.807) is 25.7 Å². The van der Waals surface area contributed by atoms with E-state index >= 15 is 0 Å². The lowest BCUT2D eigenvalue weighted by Gasteiger charge is -2.38. The summed E-state index contributed by atoms with van der Waals surface area (Å²) in [7, 11) is 0. The Morgan fingerprint density at radius 1 is 1.36 bits per heavy atom. The Balaban J connectivity index is 2.38. The first-order chi connectivity index (χ1) is 13.0. The van der Waals surface area contributed by atoms with Crippen LogP contribution in [0.15, 0.2) is 0 Å². The number of carboxylic acid groups (broad SMARTS) is 1. The van der Waals surface area contributed by atoms with E-state index in [4.69, 9.17) is 11.6 Å². The second-order valence-electron chi connectivity index (χ2n) is 7.97. The SMILES string of the molecule is CCc1c(C#N)c(Cl)nc(N2CCC(O)(CN(C(=O)O)C(C)(C)C)C2)c1C#N. The molecule has 0 spiro atoms. The number of anilines is 1. The van der Waals surface area contributed by atoms with Gasteiger partial charge >= 0.3 is 6.09 Å². The summed E-state index contributed by atoms with van der Waals surface area (Å²) in [4.78, 5) is 18.8. The number of aliphatic hydroxyl groups is 1. The van der Waals surface area contributed by atoms with Crippen LogP contribution in [0.1, 0.15) is 50.8 Å². The fraction of sp³-hybridized carbons (Fsp3) is 0.579. The number of carbonyl (C=O) groups is 1. The summed E-state index contributed by atoms with van der Waals surface area (Å²) in [6.07, 6.45) is -0.348. The predicted octanol–water partition coefficient (Wildman–Crippen LogP) is 2.76. The van der Waals surface area contributed by atoms with E-state index in [-0.39, 0.29) is 29.4 Å². The van der Waals surface area contributed by atoms with Crippen LogP contribution >= 0.6 is 11.6 Å². The number of nitrogens with zero attached hydrogens (tertiary/aromatic N) is 5. The molecule has 1 aliphatic heterocycles. The summed E-state index contributed by atoms with van der Waals surface area (Å²) in [5, 5.41) is 39.5. The maximum absolute atomic E-state index is 11.6. The fourth-order valence-electron chi connectivity index (χ4n) is 3.46. The molecule has 0 radical (unpaired) electrons. The molecule has 1 unspecified atom stereocenters. The minimum atomic E-state index is -1.28. The van der Waals surface area contributed by atoms with Gasteiger partial charge in [0.1, 0.15) is 28.7 Å². The number of halogens is 1. The van der Waals surface area contributed by atoms with E-state index in [0.717, 1.165) is 0 Å². The normalized spacial score (nSPS) is 19.2. The number of hydrogen-bond donors (Lipinski definition) is 2. The van der Waals surface area contributed by atoms with E-state index in [1.807, 2.05) is 13.0 Å². The zero-order valence-electron chi connectivity index (χ0n) is 16.5. The molecule has 2 rings (SSSR count). The molecule has 2 heterocycles. The second-order valence-corrected chi connectivity index (χ2v) is 8.33. The lowest BCUT2D eigenvalue weighted by atomic mass is 9.98. The minimum Gasteiger partial charge on any atom is -0.465 e. The smallest absolute Gasteiger partial charge is 0.407 e. The molecule has 150 valence electrons. The van der Waals surface area contributed by atoms with Gasteiger partial charge in [-0.15, -0.1) is 0 Å². The number of rotatable bonds is 4. The first-order valence-electron chi connectivity index (χ1n) is 8.98. The first-order valence-corrected chi connectivity index (χ1v) is 9.35. The zero-order chi connectivity index (χ0) is 21.3. The highest BCUT2D eigenvalue weighted by Gasteiger charge is 2.42. The standard InChI is InChI=1S/C19H24ClN5O3/c1-5-12-13(8-21)15(20)23-16(14(12)9-22)24-7-6-19(28,10-24)11-25(17(26)27)18(2,3)4/h28H,5-7,10-11H2,1-4H3,(H,26,27). The van der Waals surface area contributed by atoms with E-state index in [1.165, 1.54) is 4.90 Å². The van der Waals surface area contributed by atoms with Crippen LogP contribution in [-0.4, -0.2) is 57.0 Å². The van der Waals surface area contributed by atoms with Crippen LogP contribution in [0.4, 0.5) is 10.6 Å². The molecule has 8 nitrogen and oxygen atoms in total. The van der Waals surface area contributed by atoms with Gasteiger partial charge in [-0.2, -0.15) is 10.5 Å². The highest BCUT2D eigenvalue weighted by Crippen LogP contribution is 2.34. The highest BCUT2D eigenvalue weighted by molar-refractivity contribution is 6.30. The average Bonchev–Trinajstić information content (AvgIpc) is 2.99. The molecule has 1 aromatic heterocycles. The van der Waals surface area contributed by atoms with Crippen molar-refractivity contribution < 1.29 is 15.0 Å². The van der Waals surface area contributed by atoms with Crippen molar-refractivity contribution in [3.05, 3.63) is 21.8 Å². The van der Waals surface area contributed by atoms with Gasteiger partial charge in [-0.05, 0) is 39.2 Å². The van der Waals surface area contributed by atoms with Crippen molar-refractivity contribution in [1.82, 2.24) is 9.88 Å². The summed E-state index contributed by atoms with van der Waals surface area (Å²) < 4.78 is 0. The summed E-state index contributed by atoms with van der Waals surface area (Å²) in [6, 6.07) is 4.10. The third-order valence-corrected chi connectivity index (χ3v) is 5.21. The number of β-amino-alcohol motifs (C(OH)–C–C–N with tert-alkyl or cyclic N) is 1. The molecule has 1 saturated heterocycles. The lowest BCUT2D eigenvalue weighted by Crippen LogP contribution is -2.54. The molecule has 0 saturated carbocycles. The first kappa shape index (κ1) is 21.7. The number of aromatic nitrogens is 1. The van der Waals surface area contributed by atoms with Gasteiger partial charge in [-0.1, -0.05) is 18.5 Å². The Hall–Kier alpha value is -2.55. The Morgan fingerprint density at radius 2 is 1.96 bits per heavy atom. The van der Waals surface area contributed by atoms with Crippen LogP contribution in [0.3, 0.4) is 0 Å².